The normalized spacial score (nSPS) is 15.7. The molecule has 30 heavy (non-hydrogen) atoms. The summed E-state index contributed by atoms with van der Waals surface area (Å²) in [5.41, 5.74) is 0.902. The van der Waals surface area contributed by atoms with Gasteiger partial charge in [0.25, 0.3) is 0 Å². The average Bonchev–Trinajstić information content (AvgIpc) is 2.77. The Morgan fingerprint density at radius 2 is 1.77 bits per heavy atom. The molecule has 0 aromatic heterocycles. The minimum absolute atomic E-state index is 0.0583. The maximum atomic E-state index is 12.7. The van der Waals surface area contributed by atoms with E-state index in [2.05, 4.69) is 10.6 Å². The predicted octanol–water partition coefficient (Wildman–Crippen LogP) is 2.55. The number of rotatable bonds is 6. The summed E-state index contributed by atoms with van der Waals surface area (Å²) in [6.07, 6.45) is 0. The molecule has 0 saturated heterocycles. The Balaban J connectivity index is 2.19. The van der Waals surface area contributed by atoms with Crippen LogP contribution >= 0.6 is 0 Å². The molecular formula is C20H19N3O7. The molecule has 0 spiro atoms. The molecule has 156 valence electrons. The van der Waals surface area contributed by atoms with Gasteiger partial charge < -0.3 is 24.8 Å². The molecule has 0 bridgehead atoms. The van der Waals surface area contributed by atoms with Crippen LogP contribution in [0.25, 0.3) is 5.70 Å². The minimum Gasteiger partial charge on any atom is -0.497 e. The van der Waals surface area contributed by atoms with Gasteiger partial charge in [-0.05, 0) is 41.5 Å². The summed E-state index contributed by atoms with van der Waals surface area (Å²) in [5.74, 6) is -0.0404. The average molecular weight is 413 g/mol. The van der Waals surface area contributed by atoms with Gasteiger partial charge in [0.2, 0.25) is 0 Å². The van der Waals surface area contributed by atoms with Gasteiger partial charge in [0.15, 0.2) is 5.75 Å². The number of methoxy groups -OCH3 is 3. The minimum atomic E-state index is -0.979. The van der Waals surface area contributed by atoms with Crippen LogP contribution in [-0.4, -0.2) is 38.3 Å². The van der Waals surface area contributed by atoms with Crippen LogP contribution < -0.4 is 20.1 Å². The van der Waals surface area contributed by atoms with Gasteiger partial charge in [-0.15, -0.1) is 0 Å². The van der Waals surface area contributed by atoms with Crippen LogP contribution in [-0.2, 0) is 9.53 Å². The van der Waals surface area contributed by atoms with E-state index in [1.807, 2.05) is 0 Å². The largest absolute Gasteiger partial charge is 0.497 e. The van der Waals surface area contributed by atoms with E-state index < -0.39 is 23.0 Å². The Hall–Kier alpha value is -4.08. The Labute approximate surface area is 171 Å². The molecule has 2 aromatic rings. The first-order valence-electron chi connectivity index (χ1n) is 8.76. The number of ether oxygens (including phenoxy) is 3. The van der Waals surface area contributed by atoms with Gasteiger partial charge in [-0.25, -0.2) is 9.59 Å². The Bertz CT molecular complexity index is 1030. The number of nitrogens with zero attached hydrogens (tertiary/aromatic N) is 1. The summed E-state index contributed by atoms with van der Waals surface area (Å²) in [4.78, 5) is 35.8. The number of amides is 2. The molecule has 1 aliphatic rings. The van der Waals surface area contributed by atoms with Crippen LogP contribution in [0.2, 0.25) is 0 Å². The quantitative estimate of drug-likeness (QED) is 0.423. The molecule has 3 rings (SSSR count). The number of hydrogen-bond donors (Lipinski definition) is 2. The van der Waals surface area contributed by atoms with Crippen LogP contribution in [0.1, 0.15) is 17.2 Å². The maximum absolute atomic E-state index is 12.7. The number of nitrogens with one attached hydrogen (secondary N) is 2. The van der Waals surface area contributed by atoms with Crippen LogP contribution in [0.5, 0.6) is 11.5 Å². The van der Waals surface area contributed by atoms with E-state index in [1.165, 1.54) is 39.5 Å². The monoisotopic (exact) mass is 413 g/mol. The number of carbonyl (C=O) groups excluding carboxylic acids is 2. The fourth-order valence-corrected chi connectivity index (χ4v) is 3.16. The van der Waals surface area contributed by atoms with Crippen LogP contribution in [0.3, 0.4) is 0 Å². The van der Waals surface area contributed by atoms with Crippen molar-refractivity contribution in [2.24, 2.45) is 0 Å². The number of benzene rings is 2. The number of carbonyl (C=O) groups is 2. The zero-order valence-electron chi connectivity index (χ0n) is 16.4. The number of esters is 1. The zero-order chi connectivity index (χ0) is 21.8. The molecule has 0 saturated carbocycles. The van der Waals surface area contributed by atoms with Crippen molar-refractivity contribution >= 4 is 23.4 Å². The van der Waals surface area contributed by atoms with Crippen molar-refractivity contribution in [2.75, 3.05) is 21.3 Å². The maximum Gasteiger partial charge on any atom is 0.338 e. The highest BCUT2D eigenvalue weighted by molar-refractivity contribution is 6.04. The summed E-state index contributed by atoms with van der Waals surface area (Å²) in [7, 11) is 4.05. The molecule has 1 atom stereocenters. The second kappa shape index (κ2) is 8.52. The number of nitro groups is 1. The molecule has 10 heteroatoms. The first kappa shape index (κ1) is 20.6. The first-order chi connectivity index (χ1) is 14.4. The topological polar surface area (TPSA) is 129 Å². The zero-order valence-corrected chi connectivity index (χ0v) is 16.4. The summed E-state index contributed by atoms with van der Waals surface area (Å²) >= 11 is 0. The van der Waals surface area contributed by atoms with E-state index in [4.69, 9.17) is 14.2 Å². The van der Waals surface area contributed by atoms with Crippen molar-refractivity contribution in [1.29, 1.82) is 0 Å². The van der Waals surface area contributed by atoms with Gasteiger partial charge in [-0.2, -0.15) is 0 Å². The van der Waals surface area contributed by atoms with Gasteiger partial charge in [-0.3, -0.25) is 10.1 Å². The summed E-state index contributed by atoms with van der Waals surface area (Å²) in [6.45, 7) is 0. The van der Waals surface area contributed by atoms with E-state index in [-0.39, 0.29) is 22.7 Å². The molecule has 10 nitrogen and oxygen atoms in total. The Morgan fingerprint density at radius 3 is 2.33 bits per heavy atom. The first-order valence-corrected chi connectivity index (χ1v) is 8.76. The van der Waals surface area contributed by atoms with Crippen molar-refractivity contribution < 1.29 is 28.7 Å². The second-order valence-corrected chi connectivity index (χ2v) is 6.23. The van der Waals surface area contributed by atoms with E-state index >= 15 is 0 Å². The summed E-state index contributed by atoms with van der Waals surface area (Å²) in [6, 6.07) is 9.36. The fourth-order valence-electron chi connectivity index (χ4n) is 3.16. The molecule has 2 amide bonds. The van der Waals surface area contributed by atoms with E-state index in [0.717, 1.165) is 0 Å². The van der Waals surface area contributed by atoms with Crippen LogP contribution in [0, 0.1) is 10.1 Å². The third kappa shape index (κ3) is 3.88. The highest BCUT2D eigenvalue weighted by atomic mass is 16.6. The Kier molecular flexibility index (Phi) is 5.86. The van der Waals surface area contributed by atoms with E-state index in [9.17, 15) is 19.7 Å². The third-order valence-electron chi connectivity index (χ3n) is 4.59. The number of hydrogen-bond acceptors (Lipinski definition) is 7. The van der Waals surface area contributed by atoms with Crippen LogP contribution in [0.4, 0.5) is 10.5 Å². The number of nitro benzene ring substituents is 1. The fraction of sp³-hybridized carbons (Fsp3) is 0.200. The number of urea groups is 1. The SMILES string of the molecule is COC(=O)C1=C(c2ccc(OC)cc2)NC(=O)NC1c1ccc(OC)c([N+](=O)[O-])c1. The standard InChI is InChI=1S/C20H19N3O7/c1-28-13-7-4-11(5-8-13)17-16(19(24)30-3)18(22-20(25)21-17)12-6-9-15(29-2)14(10-12)23(26)27/h4-10,18H,1-3H3,(H2,21,22,25). The second-order valence-electron chi connectivity index (χ2n) is 6.23. The van der Waals surface area contributed by atoms with Crippen LogP contribution in [0.15, 0.2) is 48.0 Å². The van der Waals surface area contributed by atoms with Crippen molar-refractivity contribution in [3.8, 4) is 11.5 Å². The highest BCUT2D eigenvalue weighted by Gasteiger charge is 2.35. The predicted molar refractivity (Wildman–Crippen MR) is 106 cm³/mol. The lowest BCUT2D eigenvalue weighted by molar-refractivity contribution is -0.385. The van der Waals surface area contributed by atoms with Gasteiger partial charge in [-0.1, -0.05) is 6.07 Å². The molecule has 0 aliphatic carbocycles. The third-order valence-corrected chi connectivity index (χ3v) is 4.59. The lowest BCUT2D eigenvalue weighted by atomic mass is 9.92. The Morgan fingerprint density at radius 1 is 1.07 bits per heavy atom. The molecule has 0 fully saturated rings. The van der Waals surface area contributed by atoms with E-state index in [0.29, 0.717) is 16.9 Å². The summed E-state index contributed by atoms with van der Waals surface area (Å²) in [5, 5.41) is 16.7. The molecule has 0 radical (unpaired) electrons. The van der Waals surface area contributed by atoms with E-state index in [1.54, 1.807) is 24.3 Å². The van der Waals surface area contributed by atoms with Gasteiger partial charge in [0.05, 0.1) is 43.6 Å². The van der Waals surface area contributed by atoms with Gasteiger partial charge in [0, 0.05) is 6.07 Å². The molecule has 1 aliphatic heterocycles. The van der Waals surface area contributed by atoms with Crippen molar-refractivity contribution in [3.63, 3.8) is 0 Å². The highest BCUT2D eigenvalue weighted by Crippen LogP contribution is 2.36. The lowest BCUT2D eigenvalue weighted by Crippen LogP contribution is -2.45. The smallest absolute Gasteiger partial charge is 0.338 e. The van der Waals surface area contributed by atoms with Crippen molar-refractivity contribution in [2.45, 2.75) is 6.04 Å². The molecule has 1 unspecified atom stereocenters. The van der Waals surface area contributed by atoms with Gasteiger partial charge >= 0.3 is 17.7 Å². The van der Waals surface area contributed by atoms with Gasteiger partial charge in [0.1, 0.15) is 5.75 Å². The lowest BCUT2D eigenvalue weighted by Gasteiger charge is -2.29. The molecule has 1 heterocycles. The van der Waals surface area contributed by atoms with Crippen molar-refractivity contribution in [3.05, 3.63) is 69.3 Å². The molecule has 2 aromatic carbocycles. The molecule has 2 N–H and O–H groups in total. The van der Waals surface area contributed by atoms with Crippen molar-refractivity contribution in [1.82, 2.24) is 10.6 Å². The molecular weight excluding hydrogens is 394 g/mol. The summed E-state index contributed by atoms with van der Waals surface area (Å²) < 4.78 is 15.1.